The van der Waals surface area contributed by atoms with Crippen molar-refractivity contribution < 1.29 is 4.79 Å². The number of hydrogen-bond donors (Lipinski definition) is 1. The van der Waals surface area contributed by atoms with Gasteiger partial charge in [0.2, 0.25) is 0 Å². The number of nitrogens with zero attached hydrogens (tertiary/aromatic N) is 1. The molecule has 1 atom stereocenters. The van der Waals surface area contributed by atoms with Gasteiger partial charge >= 0.3 is 0 Å². The molecule has 1 unspecified atom stereocenters. The summed E-state index contributed by atoms with van der Waals surface area (Å²) in [5.74, 6) is 0.171. The summed E-state index contributed by atoms with van der Waals surface area (Å²) in [6.07, 6.45) is 0. The zero-order valence-corrected chi connectivity index (χ0v) is 11.7. The zero-order valence-electron chi connectivity index (χ0n) is 11.7. The summed E-state index contributed by atoms with van der Waals surface area (Å²) >= 11 is 0. The van der Waals surface area contributed by atoms with Gasteiger partial charge in [-0.3, -0.25) is 4.79 Å². The Bertz CT molecular complexity index is 468. The molecule has 1 aliphatic heterocycles. The number of benzene rings is 1. The van der Waals surface area contributed by atoms with Crippen LogP contribution in [0.25, 0.3) is 0 Å². The molecule has 0 aliphatic carbocycles. The normalized spacial score (nSPS) is 20.0. The summed E-state index contributed by atoms with van der Waals surface area (Å²) in [6.45, 7) is 10.9. The molecule has 1 aromatic carbocycles. The maximum atomic E-state index is 12.6. The highest BCUT2D eigenvalue weighted by Crippen LogP contribution is 2.20. The van der Waals surface area contributed by atoms with Crippen LogP contribution in [0.1, 0.15) is 34.0 Å². The maximum Gasteiger partial charge on any atom is 0.254 e. The molecule has 18 heavy (non-hydrogen) atoms. The second kappa shape index (κ2) is 5.11. The van der Waals surface area contributed by atoms with Gasteiger partial charge in [0.25, 0.3) is 5.91 Å². The SMILES string of the molecule is Cc1ccc(C(=O)N2CCNCC2C)c(C)c1C. The number of rotatable bonds is 1. The average molecular weight is 246 g/mol. The zero-order chi connectivity index (χ0) is 13.3. The number of nitrogens with one attached hydrogen (secondary N) is 1. The minimum absolute atomic E-state index is 0.171. The Hall–Kier alpha value is -1.35. The smallest absolute Gasteiger partial charge is 0.254 e. The van der Waals surface area contributed by atoms with Crippen molar-refractivity contribution in [1.82, 2.24) is 10.2 Å². The van der Waals surface area contributed by atoms with Crippen LogP contribution in [0.5, 0.6) is 0 Å². The van der Waals surface area contributed by atoms with E-state index in [9.17, 15) is 4.79 Å². The van der Waals surface area contributed by atoms with Crippen LogP contribution in [0.2, 0.25) is 0 Å². The van der Waals surface area contributed by atoms with E-state index in [-0.39, 0.29) is 11.9 Å². The lowest BCUT2D eigenvalue weighted by atomic mass is 9.97. The maximum absolute atomic E-state index is 12.6. The van der Waals surface area contributed by atoms with Crippen LogP contribution < -0.4 is 5.32 Å². The minimum atomic E-state index is 0.171. The molecule has 2 rings (SSSR count). The van der Waals surface area contributed by atoms with Gasteiger partial charge in [0.1, 0.15) is 0 Å². The number of carbonyl (C=O) groups is 1. The molecule has 1 heterocycles. The standard InChI is InChI=1S/C15H22N2O/c1-10-5-6-14(13(4)12(10)3)15(18)17-8-7-16-9-11(17)2/h5-6,11,16H,7-9H2,1-4H3. The Morgan fingerprint density at radius 3 is 2.67 bits per heavy atom. The molecule has 0 bridgehead atoms. The Balaban J connectivity index is 2.31. The van der Waals surface area contributed by atoms with E-state index in [1.807, 2.05) is 24.0 Å². The fourth-order valence-electron chi connectivity index (χ4n) is 2.49. The van der Waals surface area contributed by atoms with Gasteiger partial charge in [-0.25, -0.2) is 0 Å². The molecule has 1 aromatic rings. The van der Waals surface area contributed by atoms with Crippen molar-refractivity contribution in [3.05, 3.63) is 34.4 Å². The van der Waals surface area contributed by atoms with Gasteiger partial charge in [-0.2, -0.15) is 0 Å². The molecule has 1 saturated heterocycles. The van der Waals surface area contributed by atoms with E-state index in [0.717, 1.165) is 30.8 Å². The van der Waals surface area contributed by atoms with E-state index < -0.39 is 0 Å². The number of hydrogen-bond acceptors (Lipinski definition) is 2. The molecular weight excluding hydrogens is 224 g/mol. The van der Waals surface area contributed by atoms with Gasteiger partial charge in [0.05, 0.1) is 0 Å². The van der Waals surface area contributed by atoms with E-state index in [4.69, 9.17) is 0 Å². The first-order chi connectivity index (χ1) is 8.52. The van der Waals surface area contributed by atoms with Gasteiger partial charge in [-0.15, -0.1) is 0 Å². The lowest BCUT2D eigenvalue weighted by molar-refractivity contribution is 0.0655. The lowest BCUT2D eigenvalue weighted by Crippen LogP contribution is -2.52. The summed E-state index contributed by atoms with van der Waals surface area (Å²) in [5, 5.41) is 3.31. The number of aryl methyl sites for hydroxylation is 1. The van der Waals surface area contributed by atoms with Gasteiger partial charge in [0, 0.05) is 31.2 Å². The molecule has 3 nitrogen and oxygen atoms in total. The van der Waals surface area contributed by atoms with Gasteiger partial charge in [0.15, 0.2) is 0 Å². The molecule has 1 N–H and O–H groups in total. The summed E-state index contributed by atoms with van der Waals surface area (Å²) in [6, 6.07) is 4.28. The van der Waals surface area contributed by atoms with Crippen molar-refractivity contribution in [2.75, 3.05) is 19.6 Å². The predicted molar refractivity (Wildman–Crippen MR) is 74.0 cm³/mol. The van der Waals surface area contributed by atoms with E-state index in [2.05, 4.69) is 26.1 Å². The Kier molecular flexibility index (Phi) is 3.71. The van der Waals surface area contributed by atoms with Gasteiger partial charge in [-0.1, -0.05) is 6.07 Å². The van der Waals surface area contributed by atoms with Crippen LogP contribution in [0.15, 0.2) is 12.1 Å². The van der Waals surface area contributed by atoms with Gasteiger partial charge < -0.3 is 10.2 Å². The molecule has 1 fully saturated rings. The minimum Gasteiger partial charge on any atom is -0.333 e. The van der Waals surface area contributed by atoms with E-state index in [0.29, 0.717) is 0 Å². The van der Waals surface area contributed by atoms with Crippen LogP contribution in [0, 0.1) is 20.8 Å². The molecular formula is C15H22N2O. The molecule has 1 amide bonds. The third kappa shape index (κ3) is 2.27. The Morgan fingerprint density at radius 1 is 1.28 bits per heavy atom. The fraction of sp³-hybridized carbons (Fsp3) is 0.533. The number of amides is 1. The first kappa shape index (κ1) is 13.1. The fourth-order valence-corrected chi connectivity index (χ4v) is 2.49. The predicted octanol–water partition coefficient (Wildman–Crippen LogP) is 2.05. The summed E-state index contributed by atoms with van der Waals surface area (Å²) in [7, 11) is 0. The van der Waals surface area contributed by atoms with E-state index in [1.165, 1.54) is 11.1 Å². The van der Waals surface area contributed by atoms with Crippen LogP contribution >= 0.6 is 0 Å². The molecule has 0 spiro atoms. The summed E-state index contributed by atoms with van der Waals surface area (Å²) in [4.78, 5) is 14.6. The summed E-state index contributed by atoms with van der Waals surface area (Å²) < 4.78 is 0. The van der Waals surface area contributed by atoms with Crippen molar-refractivity contribution >= 4 is 5.91 Å². The van der Waals surface area contributed by atoms with Crippen LogP contribution in [-0.4, -0.2) is 36.5 Å². The highest BCUT2D eigenvalue weighted by molar-refractivity contribution is 5.96. The largest absolute Gasteiger partial charge is 0.333 e. The van der Waals surface area contributed by atoms with Crippen molar-refractivity contribution in [2.45, 2.75) is 33.7 Å². The van der Waals surface area contributed by atoms with Gasteiger partial charge in [-0.05, 0) is 50.5 Å². The third-order valence-electron chi connectivity index (χ3n) is 4.05. The second-order valence-electron chi connectivity index (χ2n) is 5.23. The number of carbonyl (C=O) groups excluding carboxylic acids is 1. The quantitative estimate of drug-likeness (QED) is 0.822. The lowest BCUT2D eigenvalue weighted by Gasteiger charge is -2.34. The van der Waals surface area contributed by atoms with Crippen molar-refractivity contribution in [2.24, 2.45) is 0 Å². The monoisotopic (exact) mass is 246 g/mol. The third-order valence-corrected chi connectivity index (χ3v) is 4.05. The first-order valence-electron chi connectivity index (χ1n) is 6.61. The van der Waals surface area contributed by atoms with Crippen molar-refractivity contribution in [3.63, 3.8) is 0 Å². The molecule has 98 valence electrons. The first-order valence-corrected chi connectivity index (χ1v) is 6.61. The van der Waals surface area contributed by atoms with E-state index >= 15 is 0 Å². The molecule has 0 aromatic heterocycles. The van der Waals surface area contributed by atoms with Crippen molar-refractivity contribution in [1.29, 1.82) is 0 Å². The molecule has 0 saturated carbocycles. The molecule has 0 radical (unpaired) electrons. The summed E-state index contributed by atoms with van der Waals surface area (Å²) in [5.41, 5.74) is 4.44. The topological polar surface area (TPSA) is 32.3 Å². The Labute approximate surface area is 109 Å². The van der Waals surface area contributed by atoms with Crippen LogP contribution in [0.3, 0.4) is 0 Å². The van der Waals surface area contributed by atoms with E-state index in [1.54, 1.807) is 0 Å². The highest BCUT2D eigenvalue weighted by Gasteiger charge is 2.25. The van der Waals surface area contributed by atoms with Crippen LogP contribution in [0.4, 0.5) is 0 Å². The average Bonchev–Trinajstić information content (AvgIpc) is 2.36. The van der Waals surface area contributed by atoms with Crippen molar-refractivity contribution in [3.8, 4) is 0 Å². The number of piperazine rings is 1. The molecule has 1 aliphatic rings. The second-order valence-corrected chi connectivity index (χ2v) is 5.23. The van der Waals surface area contributed by atoms with Crippen LogP contribution in [-0.2, 0) is 0 Å². The molecule has 3 heteroatoms. The Morgan fingerprint density at radius 2 is 2.00 bits per heavy atom. The highest BCUT2D eigenvalue weighted by atomic mass is 16.2.